The summed E-state index contributed by atoms with van der Waals surface area (Å²) in [6.45, 7) is 3.94. The van der Waals surface area contributed by atoms with Crippen molar-refractivity contribution in [3.8, 4) is 0 Å². The number of benzene rings is 2. The van der Waals surface area contributed by atoms with E-state index < -0.39 is 0 Å². The normalized spacial score (nSPS) is 10.8. The molecule has 7 heteroatoms. The molecule has 1 heterocycles. The van der Waals surface area contributed by atoms with Crippen LogP contribution in [0.4, 0.5) is 4.39 Å². The Bertz CT molecular complexity index is 1050. The van der Waals surface area contributed by atoms with Gasteiger partial charge in [-0.25, -0.2) is 4.39 Å². The molecular weight excluding hydrogens is 453 g/mol. The molecule has 0 atom stereocenters. The van der Waals surface area contributed by atoms with Crippen molar-refractivity contribution < 1.29 is 14.0 Å². The molecule has 0 aliphatic carbocycles. The molecule has 5 nitrogen and oxygen atoms in total. The van der Waals surface area contributed by atoms with E-state index in [0.29, 0.717) is 26.2 Å². The Hall–Kier alpha value is -3.12. The van der Waals surface area contributed by atoms with E-state index in [2.05, 4.69) is 4.57 Å². The van der Waals surface area contributed by atoms with Crippen molar-refractivity contribution in [3.63, 3.8) is 0 Å². The fourth-order valence-corrected chi connectivity index (χ4v) is 3.92. The fraction of sp³-hybridized carbons (Fsp3) is 0.333. The maximum Gasteiger partial charge on any atom is 0.242 e. The van der Waals surface area contributed by atoms with Gasteiger partial charge in [-0.05, 0) is 41.8 Å². The van der Waals surface area contributed by atoms with Crippen LogP contribution in [0.25, 0.3) is 0 Å². The summed E-state index contributed by atoms with van der Waals surface area (Å²) < 4.78 is 15.3. The number of halogens is 2. The minimum Gasteiger partial charge on any atom is -0.345 e. The van der Waals surface area contributed by atoms with E-state index in [4.69, 9.17) is 11.6 Å². The van der Waals surface area contributed by atoms with Crippen LogP contribution in [0.5, 0.6) is 0 Å². The number of carbonyl (C=O) groups excluding carboxylic acids is 2. The number of amides is 2. The first-order valence-electron chi connectivity index (χ1n) is 11.5. The topological polar surface area (TPSA) is 45.6 Å². The van der Waals surface area contributed by atoms with Crippen LogP contribution in [-0.4, -0.2) is 45.2 Å². The van der Waals surface area contributed by atoms with Crippen molar-refractivity contribution >= 4 is 23.4 Å². The molecule has 0 aliphatic heterocycles. The Labute approximate surface area is 205 Å². The fourth-order valence-electron chi connectivity index (χ4n) is 3.75. The van der Waals surface area contributed by atoms with Crippen molar-refractivity contribution in [2.45, 2.75) is 39.4 Å². The van der Waals surface area contributed by atoms with E-state index >= 15 is 0 Å². The van der Waals surface area contributed by atoms with Crippen LogP contribution in [0.3, 0.4) is 0 Å². The SMILES string of the molecule is CCCCN(CC(=O)N(Cc1ccccc1)Cc1cccn1Cc1ccc(F)cc1)C(=O)CCl. The summed E-state index contributed by atoms with van der Waals surface area (Å²) in [5.41, 5.74) is 2.94. The molecule has 0 radical (unpaired) electrons. The third-order valence-corrected chi connectivity index (χ3v) is 5.91. The van der Waals surface area contributed by atoms with Gasteiger partial charge in [0.25, 0.3) is 0 Å². The van der Waals surface area contributed by atoms with Crippen molar-refractivity contribution in [1.29, 1.82) is 0 Å². The largest absolute Gasteiger partial charge is 0.345 e. The molecule has 3 rings (SSSR count). The summed E-state index contributed by atoms with van der Waals surface area (Å²) in [7, 11) is 0. The second kappa shape index (κ2) is 12.9. The second-order valence-electron chi connectivity index (χ2n) is 8.29. The van der Waals surface area contributed by atoms with Crippen LogP contribution < -0.4 is 0 Å². The monoisotopic (exact) mass is 483 g/mol. The molecule has 0 saturated heterocycles. The smallest absolute Gasteiger partial charge is 0.242 e. The van der Waals surface area contributed by atoms with Gasteiger partial charge in [0.15, 0.2) is 0 Å². The highest BCUT2D eigenvalue weighted by molar-refractivity contribution is 6.27. The molecule has 180 valence electrons. The minimum absolute atomic E-state index is 0.00292. The van der Waals surface area contributed by atoms with Gasteiger partial charge in [0.1, 0.15) is 11.7 Å². The molecule has 0 bridgehead atoms. The van der Waals surface area contributed by atoms with Gasteiger partial charge in [-0.3, -0.25) is 9.59 Å². The van der Waals surface area contributed by atoms with Crippen molar-refractivity contribution in [3.05, 3.63) is 95.6 Å². The van der Waals surface area contributed by atoms with Crippen LogP contribution in [0.1, 0.15) is 36.6 Å². The molecule has 0 unspecified atom stereocenters. The summed E-state index contributed by atoms with van der Waals surface area (Å²) in [6.07, 6.45) is 3.69. The molecule has 0 saturated carbocycles. The molecule has 0 N–H and O–H groups in total. The molecule has 0 aliphatic rings. The lowest BCUT2D eigenvalue weighted by Gasteiger charge is -2.28. The van der Waals surface area contributed by atoms with Gasteiger partial charge in [-0.2, -0.15) is 0 Å². The molecule has 1 aromatic heterocycles. The summed E-state index contributed by atoms with van der Waals surface area (Å²) >= 11 is 5.80. The predicted octanol–water partition coefficient (Wildman–Crippen LogP) is 5.07. The first-order chi connectivity index (χ1) is 16.5. The lowest BCUT2D eigenvalue weighted by atomic mass is 10.2. The Balaban J connectivity index is 1.79. The zero-order chi connectivity index (χ0) is 24.3. The molecule has 3 aromatic rings. The average molecular weight is 484 g/mol. The highest BCUT2D eigenvalue weighted by Crippen LogP contribution is 2.15. The van der Waals surface area contributed by atoms with Crippen molar-refractivity contribution in [2.75, 3.05) is 19.0 Å². The second-order valence-corrected chi connectivity index (χ2v) is 8.56. The highest BCUT2D eigenvalue weighted by Gasteiger charge is 2.22. The Kier molecular flexibility index (Phi) is 9.71. The van der Waals surface area contributed by atoms with E-state index in [1.807, 2.05) is 55.6 Å². The Morgan fingerprint density at radius 3 is 2.29 bits per heavy atom. The van der Waals surface area contributed by atoms with Crippen LogP contribution in [0.2, 0.25) is 0 Å². The zero-order valence-corrected chi connectivity index (χ0v) is 20.3. The number of unbranched alkanes of at least 4 members (excludes halogenated alkanes) is 1. The molecule has 34 heavy (non-hydrogen) atoms. The van der Waals surface area contributed by atoms with Crippen molar-refractivity contribution in [1.82, 2.24) is 14.4 Å². The molecule has 2 amide bonds. The van der Waals surface area contributed by atoms with Gasteiger partial charge < -0.3 is 14.4 Å². The van der Waals surface area contributed by atoms with Crippen LogP contribution in [0, 0.1) is 5.82 Å². The maximum absolute atomic E-state index is 13.4. The lowest BCUT2D eigenvalue weighted by molar-refractivity contribution is -0.140. The summed E-state index contributed by atoms with van der Waals surface area (Å²) in [4.78, 5) is 29.1. The van der Waals surface area contributed by atoms with Crippen molar-refractivity contribution in [2.24, 2.45) is 0 Å². The third-order valence-electron chi connectivity index (χ3n) is 5.69. The first-order valence-corrected chi connectivity index (χ1v) is 12.1. The van der Waals surface area contributed by atoms with Gasteiger partial charge in [0.05, 0.1) is 13.1 Å². The van der Waals surface area contributed by atoms with E-state index in [1.165, 1.54) is 12.1 Å². The molecule has 0 fully saturated rings. The lowest BCUT2D eigenvalue weighted by Crippen LogP contribution is -2.43. The van der Waals surface area contributed by atoms with E-state index in [0.717, 1.165) is 29.7 Å². The maximum atomic E-state index is 13.4. The Morgan fingerprint density at radius 1 is 0.882 bits per heavy atom. The molecule has 0 spiro atoms. The number of rotatable bonds is 12. The van der Waals surface area contributed by atoms with E-state index in [1.54, 1.807) is 21.9 Å². The molecule has 2 aromatic carbocycles. The number of nitrogens with zero attached hydrogens (tertiary/aromatic N) is 3. The van der Waals surface area contributed by atoms with Gasteiger partial charge in [0, 0.05) is 31.5 Å². The number of alkyl halides is 1. The number of carbonyl (C=O) groups is 2. The first kappa shape index (κ1) is 25.5. The summed E-state index contributed by atoms with van der Waals surface area (Å²) in [5.74, 6) is -0.776. The van der Waals surface area contributed by atoms with E-state index in [9.17, 15) is 14.0 Å². The number of aromatic nitrogens is 1. The minimum atomic E-state index is -0.268. The van der Waals surface area contributed by atoms with Gasteiger partial charge in [-0.15, -0.1) is 11.6 Å². The van der Waals surface area contributed by atoms with Crippen LogP contribution >= 0.6 is 11.6 Å². The highest BCUT2D eigenvalue weighted by atomic mass is 35.5. The average Bonchev–Trinajstić information content (AvgIpc) is 3.29. The number of hydrogen-bond donors (Lipinski definition) is 0. The molecular formula is C27H31ClFN3O2. The van der Waals surface area contributed by atoms with Crippen LogP contribution in [-0.2, 0) is 29.2 Å². The quantitative estimate of drug-likeness (QED) is 0.337. The van der Waals surface area contributed by atoms with Crippen LogP contribution in [0.15, 0.2) is 72.9 Å². The summed E-state index contributed by atoms with van der Waals surface area (Å²) in [6, 6.07) is 20.1. The van der Waals surface area contributed by atoms with Gasteiger partial charge >= 0.3 is 0 Å². The standard InChI is InChI=1S/C27H31ClFN3O2/c1-2-3-15-31(26(33)17-28)21-27(34)32(19-22-8-5-4-6-9-22)20-25-10-7-16-30(25)18-23-11-13-24(29)14-12-23/h4-14,16H,2-3,15,17-21H2,1H3. The predicted molar refractivity (Wildman–Crippen MR) is 133 cm³/mol. The van der Waals surface area contributed by atoms with E-state index in [-0.39, 0.29) is 30.1 Å². The Morgan fingerprint density at radius 2 is 1.62 bits per heavy atom. The zero-order valence-electron chi connectivity index (χ0n) is 19.5. The third kappa shape index (κ3) is 7.45. The summed E-state index contributed by atoms with van der Waals surface area (Å²) in [5, 5.41) is 0. The van der Waals surface area contributed by atoms with Gasteiger partial charge in [-0.1, -0.05) is 55.8 Å². The van der Waals surface area contributed by atoms with Gasteiger partial charge in [0.2, 0.25) is 11.8 Å². The number of hydrogen-bond acceptors (Lipinski definition) is 2.